The Morgan fingerprint density at radius 2 is 1.70 bits per heavy atom. The Labute approximate surface area is 146 Å². The number of benzene rings is 2. The highest BCUT2D eigenvalue weighted by Crippen LogP contribution is 2.35. The van der Waals surface area contributed by atoms with E-state index in [1.54, 1.807) is 0 Å². The van der Waals surface area contributed by atoms with Gasteiger partial charge in [0.25, 0.3) is 10.0 Å². The van der Waals surface area contributed by atoms with Crippen molar-refractivity contribution in [3.63, 3.8) is 0 Å². The number of aromatic carboxylic acids is 1. The van der Waals surface area contributed by atoms with Crippen LogP contribution in [0.3, 0.4) is 0 Å². The van der Waals surface area contributed by atoms with Crippen LogP contribution in [0.1, 0.15) is 10.4 Å². The number of sulfonamides is 1. The minimum atomic E-state index is -4.12. The van der Waals surface area contributed by atoms with E-state index in [1.165, 1.54) is 18.2 Å². The largest absolute Gasteiger partial charge is 0.507 e. The number of carbonyl (C=O) groups is 1. The lowest BCUT2D eigenvalue weighted by molar-refractivity contribution is 0.0694. The fourth-order valence-electron chi connectivity index (χ4n) is 1.70. The predicted octanol–water partition coefficient (Wildman–Crippen LogP) is 3.85. The Morgan fingerprint density at radius 1 is 1.04 bits per heavy atom. The van der Waals surface area contributed by atoms with Crippen molar-refractivity contribution >= 4 is 56.5 Å². The summed E-state index contributed by atoms with van der Waals surface area (Å²) < 4.78 is 26.8. The van der Waals surface area contributed by atoms with Gasteiger partial charge in [-0.3, -0.25) is 4.72 Å². The molecule has 2 aromatic carbocycles. The summed E-state index contributed by atoms with van der Waals surface area (Å²) in [5, 5.41) is 18.1. The van der Waals surface area contributed by atoms with Crippen LogP contribution in [0.2, 0.25) is 15.1 Å². The number of hydrogen-bond donors (Lipinski definition) is 3. The van der Waals surface area contributed by atoms with E-state index in [2.05, 4.69) is 4.72 Å². The summed E-state index contributed by atoms with van der Waals surface area (Å²) in [6.45, 7) is 0. The van der Waals surface area contributed by atoms with Gasteiger partial charge in [-0.25, -0.2) is 13.2 Å². The molecule has 122 valence electrons. The normalized spacial score (nSPS) is 11.3. The lowest BCUT2D eigenvalue weighted by Crippen LogP contribution is -2.14. The number of aromatic hydroxyl groups is 1. The van der Waals surface area contributed by atoms with Gasteiger partial charge in [-0.15, -0.1) is 0 Å². The lowest BCUT2D eigenvalue weighted by atomic mass is 10.2. The van der Waals surface area contributed by atoms with Gasteiger partial charge in [-0.1, -0.05) is 34.8 Å². The summed E-state index contributed by atoms with van der Waals surface area (Å²) in [7, 11) is -4.12. The van der Waals surface area contributed by atoms with E-state index in [1.807, 2.05) is 0 Å². The summed E-state index contributed by atoms with van der Waals surface area (Å²) >= 11 is 17.4. The number of halogens is 3. The van der Waals surface area contributed by atoms with E-state index in [9.17, 15) is 18.3 Å². The molecule has 0 aliphatic rings. The molecule has 2 aromatic rings. The molecule has 0 aromatic heterocycles. The molecule has 6 nitrogen and oxygen atoms in total. The van der Waals surface area contributed by atoms with Crippen molar-refractivity contribution in [1.82, 2.24) is 0 Å². The van der Waals surface area contributed by atoms with E-state index in [0.717, 1.165) is 12.1 Å². The molecule has 0 atom stereocenters. The molecule has 23 heavy (non-hydrogen) atoms. The Hall–Kier alpha value is -1.67. The van der Waals surface area contributed by atoms with Crippen LogP contribution in [-0.2, 0) is 10.0 Å². The van der Waals surface area contributed by atoms with Gasteiger partial charge in [0.15, 0.2) is 0 Å². The third kappa shape index (κ3) is 3.64. The molecule has 0 amide bonds. The van der Waals surface area contributed by atoms with Gasteiger partial charge in [0, 0.05) is 6.07 Å². The second-order valence-electron chi connectivity index (χ2n) is 4.32. The molecule has 0 heterocycles. The Balaban J connectivity index is 2.41. The van der Waals surface area contributed by atoms with E-state index >= 15 is 0 Å². The zero-order chi connectivity index (χ0) is 17.4. The number of anilines is 1. The van der Waals surface area contributed by atoms with Gasteiger partial charge in [-0.05, 0) is 24.3 Å². The first-order valence-corrected chi connectivity index (χ1v) is 8.48. The van der Waals surface area contributed by atoms with Crippen molar-refractivity contribution in [2.75, 3.05) is 4.72 Å². The van der Waals surface area contributed by atoms with Crippen LogP contribution < -0.4 is 4.72 Å². The van der Waals surface area contributed by atoms with Crippen LogP contribution in [0.15, 0.2) is 35.2 Å². The SMILES string of the molecule is O=C(O)c1ccc(NS(=O)(=O)c2ccc(Cl)c(Cl)c2Cl)cc1O. The number of hydrogen-bond acceptors (Lipinski definition) is 4. The predicted molar refractivity (Wildman–Crippen MR) is 87.3 cm³/mol. The average Bonchev–Trinajstić information content (AvgIpc) is 2.43. The Morgan fingerprint density at radius 3 is 2.26 bits per heavy atom. The second-order valence-corrected chi connectivity index (χ2v) is 7.13. The molecule has 0 aliphatic heterocycles. The summed E-state index contributed by atoms with van der Waals surface area (Å²) in [5.74, 6) is -1.93. The number of phenols is 1. The van der Waals surface area contributed by atoms with Crippen LogP contribution in [-0.4, -0.2) is 24.6 Å². The minimum absolute atomic E-state index is 0.0466. The van der Waals surface area contributed by atoms with Crippen LogP contribution >= 0.6 is 34.8 Å². The fraction of sp³-hybridized carbons (Fsp3) is 0. The monoisotopic (exact) mass is 395 g/mol. The number of rotatable bonds is 4. The highest BCUT2D eigenvalue weighted by atomic mass is 35.5. The molecule has 2 rings (SSSR count). The number of nitrogens with one attached hydrogen (secondary N) is 1. The van der Waals surface area contributed by atoms with Gasteiger partial charge < -0.3 is 10.2 Å². The van der Waals surface area contributed by atoms with Gasteiger partial charge in [0.05, 0.1) is 20.8 Å². The highest BCUT2D eigenvalue weighted by Gasteiger charge is 2.22. The summed E-state index contributed by atoms with van der Waals surface area (Å²) in [6.07, 6.45) is 0. The van der Waals surface area contributed by atoms with Gasteiger partial charge in [-0.2, -0.15) is 0 Å². The molecule has 10 heteroatoms. The summed E-state index contributed by atoms with van der Waals surface area (Å²) in [5.41, 5.74) is -0.407. The van der Waals surface area contributed by atoms with E-state index in [0.29, 0.717) is 0 Å². The van der Waals surface area contributed by atoms with Gasteiger partial charge in [0.2, 0.25) is 0 Å². The Bertz CT molecular complexity index is 899. The third-order valence-electron chi connectivity index (χ3n) is 2.77. The van der Waals surface area contributed by atoms with Crippen LogP contribution in [0.4, 0.5) is 5.69 Å². The Kier molecular flexibility index (Phi) is 4.95. The zero-order valence-electron chi connectivity index (χ0n) is 11.0. The molecule has 0 saturated heterocycles. The first-order valence-electron chi connectivity index (χ1n) is 5.86. The summed E-state index contributed by atoms with van der Waals surface area (Å²) in [4.78, 5) is 10.5. The molecule has 3 N–H and O–H groups in total. The van der Waals surface area contributed by atoms with Crippen LogP contribution in [0, 0.1) is 0 Å². The molecule has 0 radical (unpaired) electrons. The standard InChI is InChI=1S/C13H8Cl3NO5S/c14-8-3-4-10(12(16)11(8)15)23(21,22)17-6-1-2-7(13(19)20)9(18)5-6/h1-5,17-18H,(H,19,20). The summed E-state index contributed by atoms with van der Waals surface area (Å²) in [6, 6.07) is 5.66. The minimum Gasteiger partial charge on any atom is -0.507 e. The van der Waals surface area contributed by atoms with Crippen molar-refractivity contribution in [2.24, 2.45) is 0 Å². The van der Waals surface area contributed by atoms with Gasteiger partial charge >= 0.3 is 5.97 Å². The maximum Gasteiger partial charge on any atom is 0.339 e. The van der Waals surface area contributed by atoms with E-state index in [-0.39, 0.29) is 31.2 Å². The molecule has 0 fully saturated rings. The first kappa shape index (κ1) is 17.7. The average molecular weight is 397 g/mol. The molecular weight excluding hydrogens is 389 g/mol. The van der Waals surface area contributed by atoms with Crippen molar-refractivity contribution in [3.05, 3.63) is 51.0 Å². The fourth-order valence-corrected chi connectivity index (χ4v) is 3.73. The molecule has 0 unspecified atom stereocenters. The smallest absolute Gasteiger partial charge is 0.339 e. The third-order valence-corrected chi connectivity index (χ3v) is 5.60. The van der Waals surface area contributed by atoms with Gasteiger partial charge in [0.1, 0.15) is 16.2 Å². The zero-order valence-corrected chi connectivity index (χ0v) is 14.1. The number of carboxylic acid groups (broad SMARTS) is 1. The molecule has 0 saturated carbocycles. The first-order chi connectivity index (χ1) is 10.6. The highest BCUT2D eigenvalue weighted by molar-refractivity contribution is 7.92. The molecule has 0 aliphatic carbocycles. The molecular formula is C13H8Cl3NO5S. The second kappa shape index (κ2) is 6.45. The molecule has 0 spiro atoms. The molecule has 0 bridgehead atoms. The van der Waals surface area contributed by atoms with Crippen molar-refractivity contribution < 1.29 is 23.4 Å². The van der Waals surface area contributed by atoms with Crippen molar-refractivity contribution in [3.8, 4) is 5.75 Å². The van der Waals surface area contributed by atoms with E-state index in [4.69, 9.17) is 39.9 Å². The van der Waals surface area contributed by atoms with Crippen molar-refractivity contribution in [2.45, 2.75) is 4.90 Å². The quantitative estimate of drug-likeness (QED) is 0.681. The van der Waals surface area contributed by atoms with Crippen LogP contribution in [0.5, 0.6) is 5.75 Å². The topological polar surface area (TPSA) is 104 Å². The maximum absolute atomic E-state index is 12.3. The number of carboxylic acids is 1. The van der Waals surface area contributed by atoms with Crippen molar-refractivity contribution in [1.29, 1.82) is 0 Å². The lowest BCUT2D eigenvalue weighted by Gasteiger charge is -2.11. The van der Waals surface area contributed by atoms with Crippen LogP contribution in [0.25, 0.3) is 0 Å². The van der Waals surface area contributed by atoms with E-state index < -0.39 is 21.7 Å². The maximum atomic E-state index is 12.3.